The maximum Gasteiger partial charge on any atom is 0.153 e. The van der Waals surface area contributed by atoms with Crippen LogP contribution in [0.15, 0.2) is 66.7 Å². The van der Waals surface area contributed by atoms with E-state index in [0.717, 1.165) is 51.9 Å². The number of ether oxygens (including phenoxy) is 2. The third-order valence-electron chi connectivity index (χ3n) is 6.01. The van der Waals surface area contributed by atoms with Gasteiger partial charge in [-0.25, -0.2) is 4.98 Å². The minimum atomic E-state index is -0.209. The second-order valence-corrected chi connectivity index (χ2v) is 10.2. The van der Waals surface area contributed by atoms with E-state index in [2.05, 4.69) is 55.7 Å². The molecule has 1 heterocycles. The monoisotopic (exact) mass is 476 g/mol. The van der Waals surface area contributed by atoms with Crippen LogP contribution in [0.4, 0.5) is 0 Å². The molecule has 0 saturated heterocycles. The summed E-state index contributed by atoms with van der Waals surface area (Å²) in [5.41, 5.74) is 4.52. The molecule has 0 amide bonds. The lowest BCUT2D eigenvalue weighted by atomic mass is 9.87. The van der Waals surface area contributed by atoms with E-state index in [1.54, 1.807) is 0 Å². The van der Waals surface area contributed by atoms with Crippen molar-refractivity contribution in [1.29, 1.82) is 0 Å². The van der Waals surface area contributed by atoms with Crippen LogP contribution < -0.4 is 9.47 Å². The number of rotatable bonds is 8. The third-order valence-corrected chi connectivity index (χ3v) is 6.43. The van der Waals surface area contributed by atoms with E-state index in [1.165, 1.54) is 5.56 Å². The summed E-state index contributed by atoms with van der Waals surface area (Å²) in [5, 5.41) is 0.736. The summed E-state index contributed by atoms with van der Waals surface area (Å²) in [6.45, 7) is 12.1. The summed E-state index contributed by atoms with van der Waals surface area (Å²) in [4.78, 5) is 4.89. The van der Waals surface area contributed by atoms with Crippen molar-refractivity contribution < 1.29 is 9.47 Å². The number of aryl methyl sites for hydroxylation is 2. The van der Waals surface area contributed by atoms with E-state index in [9.17, 15) is 0 Å². The minimum Gasteiger partial charge on any atom is -0.494 e. The molecule has 5 heteroatoms. The van der Waals surface area contributed by atoms with Gasteiger partial charge in [-0.05, 0) is 79.3 Å². The normalized spacial score (nSPS) is 12.6. The molecule has 0 aliphatic heterocycles. The van der Waals surface area contributed by atoms with E-state index < -0.39 is 0 Å². The van der Waals surface area contributed by atoms with Gasteiger partial charge in [-0.15, -0.1) is 0 Å². The number of benzene rings is 3. The van der Waals surface area contributed by atoms with Gasteiger partial charge >= 0.3 is 0 Å². The summed E-state index contributed by atoms with van der Waals surface area (Å²) in [6, 6.07) is 22.4. The van der Waals surface area contributed by atoms with E-state index in [0.29, 0.717) is 6.61 Å². The van der Waals surface area contributed by atoms with Crippen molar-refractivity contribution in [1.82, 2.24) is 9.55 Å². The lowest BCUT2D eigenvalue weighted by Gasteiger charge is -2.19. The fourth-order valence-electron chi connectivity index (χ4n) is 4.05. The molecule has 0 aliphatic rings. The first-order valence-corrected chi connectivity index (χ1v) is 12.2. The summed E-state index contributed by atoms with van der Waals surface area (Å²) in [5.74, 6) is 2.59. The Hall–Kier alpha value is -2.98. The molecule has 178 valence electrons. The van der Waals surface area contributed by atoms with E-state index in [1.807, 2.05) is 50.2 Å². The number of hydrogen-bond acceptors (Lipinski definition) is 3. The first-order valence-electron chi connectivity index (χ1n) is 11.8. The van der Waals surface area contributed by atoms with Crippen LogP contribution >= 0.6 is 11.6 Å². The molecular weight excluding hydrogens is 444 g/mol. The molecule has 0 radical (unpaired) electrons. The van der Waals surface area contributed by atoms with Crippen LogP contribution in [0.3, 0.4) is 0 Å². The van der Waals surface area contributed by atoms with Crippen LogP contribution in [-0.4, -0.2) is 16.2 Å². The minimum absolute atomic E-state index is 0.140. The Balaban J connectivity index is 1.45. The van der Waals surface area contributed by atoms with Crippen LogP contribution in [0.2, 0.25) is 5.02 Å². The van der Waals surface area contributed by atoms with Gasteiger partial charge in [0.1, 0.15) is 11.5 Å². The van der Waals surface area contributed by atoms with Gasteiger partial charge in [0.25, 0.3) is 0 Å². The molecule has 1 atom stereocenters. The molecule has 4 rings (SSSR count). The standard InChI is InChI=1S/C29H33ClN2O2/c1-20-19-24(15-16-25(20)30)34-21(2)28-31-26-9-6-7-10-27(26)32(28)17-8-18-33-23-13-11-22(12-14-23)29(3,4)5/h6-7,9-16,19,21H,8,17-18H2,1-5H3. The fourth-order valence-corrected chi connectivity index (χ4v) is 4.17. The molecule has 1 unspecified atom stereocenters. The molecule has 0 bridgehead atoms. The number of halogens is 1. The van der Waals surface area contributed by atoms with E-state index >= 15 is 0 Å². The molecule has 4 aromatic rings. The number of nitrogens with zero attached hydrogens (tertiary/aromatic N) is 2. The SMILES string of the molecule is Cc1cc(OC(C)c2nc3ccccc3n2CCCOc2ccc(C(C)(C)C)cc2)ccc1Cl. The summed E-state index contributed by atoms with van der Waals surface area (Å²) in [6.07, 6.45) is 0.653. The van der Waals surface area contributed by atoms with Gasteiger partial charge in [-0.1, -0.05) is 56.6 Å². The molecule has 0 saturated carbocycles. The van der Waals surface area contributed by atoms with Crippen LogP contribution in [-0.2, 0) is 12.0 Å². The zero-order valence-corrected chi connectivity index (χ0v) is 21.4. The van der Waals surface area contributed by atoms with Gasteiger partial charge in [-0.2, -0.15) is 0 Å². The fraction of sp³-hybridized carbons (Fsp3) is 0.345. The van der Waals surface area contributed by atoms with Gasteiger partial charge in [0.05, 0.1) is 17.6 Å². The summed E-state index contributed by atoms with van der Waals surface area (Å²) < 4.78 is 14.5. The molecule has 34 heavy (non-hydrogen) atoms. The van der Waals surface area contributed by atoms with Crippen molar-refractivity contribution in [3.05, 3.63) is 88.7 Å². The average molecular weight is 477 g/mol. The van der Waals surface area contributed by atoms with Gasteiger partial charge in [0.15, 0.2) is 11.9 Å². The van der Waals surface area contributed by atoms with Crippen LogP contribution in [0.25, 0.3) is 11.0 Å². The topological polar surface area (TPSA) is 36.3 Å². The van der Waals surface area contributed by atoms with Crippen LogP contribution in [0.1, 0.15) is 57.2 Å². The van der Waals surface area contributed by atoms with Crippen molar-refractivity contribution in [2.24, 2.45) is 0 Å². The van der Waals surface area contributed by atoms with Gasteiger partial charge < -0.3 is 14.0 Å². The summed E-state index contributed by atoms with van der Waals surface area (Å²) >= 11 is 6.17. The average Bonchev–Trinajstić information content (AvgIpc) is 3.18. The first kappa shape index (κ1) is 24.2. The highest BCUT2D eigenvalue weighted by Crippen LogP contribution is 2.28. The van der Waals surface area contributed by atoms with Crippen LogP contribution in [0.5, 0.6) is 11.5 Å². The molecule has 4 nitrogen and oxygen atoms in total. The van der Waals surface area contributed by atoms with Crippen molar-refractivity contribution in [2.75, 3.05) is 6.61 Å². The lowest BCUT2D eigenvalue weighted by Crippen LogP contribution is -2.14. The maximum absolute atomic E-state index is 6.25. The number of hydrogen-bond donors (Lipinski definition) is 0. The second-order valence-electron chi connectivity index (χ2n) is 9.76. The van der Waals surface area contributed by atoms with Crippen molar-refractivity contribution in [2.45, 2.75) is 59.1 Å². The Labute approximate surface area is 207 Å². The van der Waals surface area contributed by atoms with Gasteiger partial charge in [-0.3, -0.25) is 0 Å². The molecule has 0 aliphatic carbocycles. The molecule has 1 aromatic heterocycles. The Bertz CT molecular complexity index is 1260. The molecule has 0 N–H and O–H groups in total. The van der Waals surface area contributed by atoms with Crippen molar-refractivity contribution in [3.8, 4) is 11.5 Å². The number of imidazole rings is 1. The zero-order chi connectivity index (χ0) is 24.3. The molecule has 3 aromatic carbocycles. The quantitative estimate of drug-likeness (QED) is 0.242. The maximum atomic E-state index is 6.25. The van der Waals surface area contributed by atoms with Gasteiger partial charge in [0, 0.05) is 11.6 Å². The molecular formula is C29H33ClN2O2. The number of aromatic nitrogens is 2. The highest BCUT2D eigenvalue weighted by atomic mass is 35.5. The predicted octanol–water partition coefficient (Wildman–Crippen LogP) is 7.90. The van der Waals surface area contributed by atoms with Crippen LogP contribution in [0, 0.1) is 6.92 Å². The number of fused-ring (bicyclic) bond motifs is 1. The van der Waals surface area contributed by atoms with E-state index in [-0.39, 0.29) is 11.5 Å². The Morgan fingerprint density at radius 1 is 0.971 bits per heavy atom. The first-order chi connectivity index (χ1) is 16.2. The summed E-state index contributed by atoms with van der Waals surface area (Å²) in [7, 11) is 0. The third kappa shape index (κ3) is 5.56. The van der Waals surface area contributed by atoms with Crippen molar-refractivity contribution >= 4 is 22.6 Å². The predicted molar refractivity (Wildman–Crippen MR) is 140 cm³/mol. The highest BCUT2D eigenvalue weighted by Gasteiger charge is 2.18. The highest BCUT2D eigenvalue weighted by molar-refractivity contribution is 6.31. The second kappa shape index (κ2) is 10.1. The van der Waals surface area contributed by atoms with E-state index in [4.69, 9.17) is 26.1 Å². The Morgan fingerprint density at radius 2 is 1.68 bits per heavy atom. The smallest absolute Gasteiger partial charge is 0.153 e. The Morgan fingerprint density at radius 3 is 2.38 bits per heavy atom. The largest absolute Gasteiger partial charge is 0.494 e. The molecule has 0 fully saturated rings. The van der Waals surface area contributed by atoms with Crippen molar-refractivity contribution in [3.63, 3.8) is 0 Å². The zero-order valence-electron chi connectivity index (χ0n) is 20.6. The number of para-hydroxylation sites is 2. The molecule has 0 spiro atoms. The lowest BCUT2D eigenvalue weighted by molar-refractivity contribution is 0.210. The Kier molecular flexibility index (Phi) is 7.18. The van der Waals surface area contributed by atoms with Gasteiger partial charge in [0.2, 0.25) is 0 Å².